The molecular weight excluding hydrogens is 520 g/mol. The number of ether oxygens (including phenoxy) is 3. The Hall–Kier alpha value is -3.53. The van der Waals surface area contributed by atoms with Crippen molar-refractivity contribution >= 4 is 5.97 Å². The van der Waals surface area contributed by atoms with E-state index in [-0.39, 0.29) is 29.5 Å². The van der Waals surface area contributed by atoms with Gasteiger partial charge in [-0.25, -0.2) is 4.79 Å². The zero-order chi connectivity index (χ0) is 31.6. The number of benzene rings is 3. The Balaban J connectivity index is 1.45. The van der Waals surface area contributed by atoms with Crippen LogP contribution >= 0.6 is 0 Å². The molecule has 42 heavy (non-hydrogen) atoms. The fourth-order valence-corrected chi connectivity index (χ4v) is 4.78. The van der Waals surface area contributed by atoms with Crippen LogP contribution in [-0.2, 0) is 0 Å². The van der Waals surface area contributed by atoms with Gasteiger partial charge in [0, 0.05) is 0 Å². The van der Waals surface area contributed by atoms with Crippen molar-refractivity contribution in [2.45, 2.75) is 103 Å². The summed E-state index contributed by atoms with van der Waals surface area (Å²) in [5, 5.41) is 0. The molecule has 3 aromatic rings. The molecule has 1 unspecified atom stereocenters. The second-order valence-electron chi connectivity index (χ2n) is 11.0. The molecule has 1 atom stereocenters. The van der Waals surface area contributed by atoms with Gasteiger partial charge in [-0.1, -0.05) is 88.6 Å². The van der Waals surface area contributed by atoms with Gasteiger partial charge in [-0.15, -0.1) is 6.58 Å². The summed E-state index contributed by atoms with van der Waals surface area (Å²) in [5.74, 6) is 0.856. The van der Waals surface area contributed by atoms with Crippen molar-refractivity contribution in [3.63, 3.8) is 0 Å². The fraction of sp³-hybridized carbons (Fsp3) is 0.447. The van der Waals surface area contributed by atoms with Crippen LogP contribution < -0.4 is 14.2 Å². The zero-order valence-corrected chi connectivity index (χ0v) is 25.7. The summed E-state index contributed by atoms with van der Waals surface area (Å²) >= 11 is 0. The molecular formula is C38H50O4. The first kappa shape index (κ1) is 29.9. The van der Waals surface area contributed by atoms with Gasteiger partial charge in [-0.3, -0.25) is 0 Å². The highest BCUT2D eigenvalue weighted by Crippen LogP contribution is 2.26. The van der Waals surface area contributed by atoms with Crippen LogP contribution in [0.5, 0.6) is 17.2 Å². The smallest absolute Gasteiger partial charge is 0.343 e. The number of rotatable bonds is 21. The summed E-state index contributed by atoms with van der Waals surface area (Å²) in [6.07, 6.45) is 17.3. The van der Waals surface area contributed by atoms with Crippen LogP contribution in [0.4, 0.5) is 0 Å². The van der Waals surface area contributed by atoms with E-state index in [9.17, 15) is 4.79 Å². The van der Waals surface area contributed by atoms with E-state index in [0.29, 0.717) is 12.4 Å². The molecule has 4 nitrogen and oxygen atoms in total. The molecule has 0 aromatic heterocycles. The summed E-state index contributed by atoms with van der Waals surface area (Å²) in [7, 11) is 0. The largest absolute Gasteiger partial charge is 0.494 e. The van der Waals surface area contributed by atoms with Crippen LogP contribution in [0, 0.1) is 0 Å². The third kappa shape index (κ3) is 12.5. The van der Waals surface area contributed by atoms with Crippen molar-refractivity contribution in [3.05, 3.63) is 91.0 Å². The van der Waals surface area contributed by atoms with E-state index >= 15 is 0 Å². The molecule has 0 saturated heterocycles. The highest BCUT2D eigenvalue weighted by molar-refractivity contribution is 5.91. The third-order valence-electron chi connectivity index (χ3n) is 7.31. The molecule has 4 heteroatoms. The van der Waals surface area contributed by atoms with E-state index in [2.05, 4.69) is 20.4 Å². The second kappa shape index (κ2) is 19.6. The third-order valence-corrected chi connectivity index (χ3v) is 7.31. The highest BCUT2D eigenvalue weighted by atomic mass is 16.5. The molecule has 0 amide bonds. The van der Waals surface area contributed by atoms with Gasteiger partial charge in [-0.05, 0) is 98.6 Å². The number of carbonyl (C=O) groups excluding carboxylic acids is 1. The molecule has 0 saturated carbocycles. The van der Waals surface area contributed by atoms with Gasteiger partial charge < -0.3 is 14.2 Å². The first-order valence-electron chi connectivity index (χ1n) is 16.9. The normalized spacial score (nSPS) is 12.2. The average Bonchev–Trinajstić information content (AvgIpc) is 3.02. The zero-order valence-electron chi connectivity index (χ0n) is 27.7. The van der Waals surface area contributed by atoms with E-state index < -0.39 is 5.97 Å². The Labute approximate surface area is 256 Å². The minimum Gasteiger partial charge on any atom is -0.494 e. The minimum absolute atomic E-state index is 0.0142. The number of carbonyl (C=O) groups is 1. The van der Waals surface area contributed by atoms with Crippen LogP contribution in [0.15, 0.2) is 85.4 Å². The molecule has 0 fully saturated rings. The van der Waals surface area contributed by atoms with Crippen molar-refractivity contribution in [1.29, 1.82) is 0 Å². The minimum atomic E-state index is -0.607. The van der Waals surface area contributed by atoms with Gasteiger partial charge in [-0.2, -0.15) is 0 Å². The maximum Gasteiger partial charge on any atom is 0.343 e. The van der Waals surface area contributed by atoms with Crippen LogP contribution in [-0.4, -0.2) is 18.7 Å². The Morgan fingerprint density at radius 1 is 0.762 bits per heavy atom. The van der Waals surface area contributed by atoms with Gasteiger partial charge in [0.25, 0.3) is 0 Å². The number of esters is 1. The van der Waals surface area contributed by atoms with Crippen molar-refractivity contribution in [2.24, 2.45) is 0 Å². The van der Waals surface area contributed by atoms with Gasteiger partial charge in [0.15, 0.2) is 0 Å². The molecule has 0 radical (unpaired) electrons. The van der Waals surface area contributed by atoms with Crippen molar-refractivity contribution in [2.75, 3.05) is 6.61 Å². The van der Waals surface area contributed by atoms with E-state index in [4.69, 9.17) is 17.0 Å². The standard InChI is InChI=1S/C38H50O4/c1-4-6-8-10-11-12-13-14-16-30-40-35-24-22-34(23-25-35)38(39)42-37-28-20-33(21-29-37)32-18-26-36(27-19-32)41-31(3)17-15-9-7-5-2/h4,18-29,31H,1,5-17,30H2,2-3H3/i24D,25D. The second-order valence-corrected chi connectivity index (χ2v) is 11.0. The topological polar surface area (TPSA) is 44.8 Å². The molecule has 0 aliphatic carbocycles. The SMILES string of the molecule is [2H]c1cc(C(=O)Oc2ccc(-c3ccc(OC(C)CCCCCC)cc3)cc2)cc([2H])c1OCCCCCCCCCC=C. The molecule has 0 aliphatic rings. The fourth-order valence-electron chi connectivity index (χ4n) is 4.78. The molecule has 0 bridgehead atoms. The molecule has 226 valence electrons. The van der Waals surface area contributed by atoms with Gasteiger partial charge in [0.05, 0.1) is 21.0 Å². The predicted octanol–water partition coefficient (Wildman–Crippen LogP) is 11.0. The van der Waals surface area contributed by atoms with Gasteiger partial charge in [0.1, 0.15) is 17.2 Å². The summed E-state index contributed by atoms with van der Waals surface area (Å²) in [4.78, 5) is 12.8. The average molecular weight is 573 g/mol. The number of allylic oxidation sites excluding steroid dienone is 1. The van der Waals surface area contributed by atoms with Crippen molar-refractivity contribution in [1.82, 2.24) is 0 Å². The molecule has 0 spiro atoms. The highest BCUT2D eigenvalue weighted by Gasteiger charge is 2.10. The van der Waals surface area contributed by atoms with Crippen LogP contribution in [0.3, 0.4) is 0 Å². The summed E-state index contributed by atoms with van der Waals surface area (Å²) < 4.78 is 34.0. The Kier molecular flexibility index (Phi) is 13.9. The van der Waals surface area contributed by atoms with Gasteiger partial charge in [0.2, 0.25) is 0 Å². The van der Waals surface area contributed by atoms with Crippen molar-refractivity contribution < 1.29 is 21.7 Å². The maximum absolute atomic E-state index is 12.8. The maximum atomic E-state index is 12.8. The van der Waals surface area contributed by atoms with E-state index in [1.165, 1.54) is 63.5 Å². The Morgan fingerprint density at radius 3 is 1.95 bits per heavy atom. The monoisotopic (exact) mass is 572 g/mol. The Morgan fingerprint density at radius 2 is 1.33 bits per heavy atom. The van der Waals surface area contributed by atoms with E-state index in [0.717, 1.165) is 49.0 Å². The predicted molar refractivity (Wildman–Crippen MR) is 175 cm³/mol. The lowest BCUT2D eigenvalue weighted by Crippen LogP contribution is -2.11. The lowest BCUT2D eigenvalue weighted by Gasteiger charge is -2.15. The van der Waals surface area contributed by atoms with E-state index in [1.807, 2.05) is 42.5 Å². The molecule has 3 aromatic carbocycles. The Bertz CT molecular complexity index is 1250. The molecule has 3 rings (SSSR count). The van der Waals surface area contributed by atoms with Crippen LogP contribution in [0.25, 0.3) is 11.1 Å². The number of unbranched alkanes of at least 4 members (excludes halogenated alkanes) is 10. The number of hydrogen-bond acceptors (Lipinski definition) is 4. The summed E-state index contributed by atoms with van der Waals surface area (Å²) in [5.41, 5.74) is 2.19. The molecule has 0 N–H and O–H groups in total. The molecule has 0 heterocycles. The van der Waals surface area contributed by atoms with Crippen molar-refractivity contribution in [3.8, 4) is 28.4 Å². The van der Waals surface area contributed by atoms with Crippen LogP contribution in [0.2, 0.25) is 0 Å². The van der Waals surface area contributed by atoms with E-state index in [1.54, 1.807) is 12.1 Å². The number of hydrogen-bond donors (Lipinski definition) is 0. The lowest BCUT2D eigenvalue weighted by atomic mass is 10.1. The summed E-state index contributed by atoms with van der Waals surface area (Å²) in [6.45, 7) is 8.55. The summed E-state index contributed by atoms with van der Waals surface area (Å²) in [6, 6.07) is 18.2. The quantitative estimate of drug-likeness (QED) is 0.0551. The molecule has 0 aliphatic heterocycles. The van der Waals surface area contributed by atoms with Crippen LogP contribution in [0.1, 0.15) is 110 Å². The first-order valence-corrected chi connectivity index (χ1v) is 15.9. The first-order chi connectivity index (χ1) is 21.4. The van der Waals surface area contributed by atoms with Gasteiger partial charge >= 0.3 is 5.97 Å². The lowest BCUT2D eigenvalue weighted by molar-refractivity contribution is 0.0734.